The lowest BCUT2D eigenvalue weighted by molar-refractivity contribution is -0.0328. The van der Waals surface area contributed by atoms with Crippen LogP contribution in [0.3, 0.4) is 0 Å². The predicted octanol–water partition coefficient (Wildman–Crippen LogP) is 4.84. The van der Waals surface area contributed by atoms with Gasteiger partial charge in [0.1, 0.15) is 23.9 Å². The van der Waals surface area contributed by atoms with E-state index in [-0.39, 0.29) is 20.6 Å². The molecule has 0 fully saturated rings. The van der Waals surface area contributed by atoms with E-state index >= 15 is 0 Å². The first-order valence-electron chi connectivity index (χ1n) is 5.18. The van der Waals surface area contributed by atoms with E-state index in [4.69, 9.17) is 39.0 Å². The van der Waals surface area contributed by atoms with Crippen LogP contribution >= 0.6 is 35.0 Å². The minimum absolute atomic E-state index is 0.0746. The number of anilines is 1. The highest BCUT2D eigenvalue weighted by Crippen LogP contribution is 2.42. The number of nitrogens with zero attached hydrogens (tertiary/aromatic N) is 3. The fourth-order valence-corrected chi connectivity index (χ4v) is 2.60. The molecule has 22 heavy (non-hydrogen) atoms. The summed E-state index contributed by atoms with van der Waals surface area (Å²) >= 11 is 11.3. The molecule has 0 aliphatic rings. The largest absolute Gasteiger partial charge is 0.446 e. The number of allylic oxidation sites excluding steroid dienone is 2. The molecule has 0 aliphatic carbocycles. The summed E-state index contributed by atoms with van der Waals surface area (Å²) in [7, 11) is 0. The number of rotatable bonds is 3. The smallest absolute Gasteiger partial charge is 0.343 e. The number of thioether (sulfide) groups is 1. The van der Waals surface area contributed by atoms with E-state index in [1.54, 1.807) is 6.07 Å². The van der Waals surface area contributed by atoms with E-state index in [9.17, 15) is 13.2 Å². The molecule has 0 amide bonds. The highest BCUT2D eigenvalue weighted by atomic mass is 35.5. The van der Waals surface area contributed by atoms with E-state index in [1.807, 2.05) is 0 Å². The summed E-state index contributed by atoms with van der Waals surface area (Å²) in [5.74, 6) is 0. The Kier molecular flexibility index (Phi) is 5.96. The van der Waals surface area contributed by atoms with Crippen molar-refractivity contribution < 1.29 is 13.2 Å². The second-order valence-electron chi connectivity index (χ2n) is 3.52. The summed E-state index contributed by atoms with van der Waals surface area (Å²) in [5.41, 5.74) is -5.50. The van der Waals surface area contributed by atoms with Crippen LogP contribution in [0.25, 0.3) is 0 Å². The molecule has 1 aromatic rings. The lowest BCUT2D eigenvalue weighted by Crippen LogP contribution is -2.03. The van der Waals surface area contributed by atoms with Gasteiger partial charge in [-0.25, -0.2) is 0 Å². The van der Waals surface area contributed by atoms with Gasteiger partial charge in [-0.15, -0.1) is 0 Å². The van der Waals surface area contributed by atoms with Gasteiger partial charge in [-0.2, -0.15) is 29.0 Å². The third-order valence-corrected chi connectivity index (χ3v) is 3.38. The van der Waals surface area contributed by atoms with E-state index < -0.39 is 28.5 Å². The summed E-state index contributed by atoms with van der Waals surface area (Å²) in [5, 5.41) is 28.3. The minimum Gasteiger partial charge on any atom is -0.343 e. The van der Waals surface area contributed by atoms with Crippen LogP contribution in [0.4, 0.5) is 18.9 Å². The zero-order valence-electron chi connectivity index (χ0n) is 10.3. The first-order valence-corrected chi connectivity index (χ1v) is 6.75. The highest BCUT2D eigenvalue weighted by molar-refractivity contribution is 8.00. The molecule has 0 heterocycles. The monoisotopic (exact) mass is 362 g/mol. The van der Waals surface area contributed by atoms with Crippen molar-refractivity contribution in [1.29, 1.82) is 15.8 Å². The molecule has 0 bridgehead atoms. The van der Waals surface area contributed by atoms with E-state index in [0.717, 1.165) is 12.1 Å². The van der Waals surface area contributed by atoms with E-state index in [2.05, 4.69) is 5.32 Å². The van der Waals surface area contributed by atoms with Crippen molar-refractivity contribution in [2.75, 3.05) is 5.32 Å². The molecule has 0 saturated heterocycles. The van der Waals surface area contributed by atoms with Crippen molar-refractivity contribution in [3.8, 4) is 18.2 Å². The van der Waals surface area contributed by atoms with Gasteiger partial charge in [0.05, 0.1) is 15.7 Å². The summed E-state index contributed by atoms with van der Waals surface area (Å²) < 4.78 is 36.9. The predicted molar refractivity (Wildman–Crippen MR) is 75.9 cm³/mol. The van der Waals surface area contributed by atoms with Crippen molar-refractivity contribution in [2.24, 2.45) is 0 Å². The van der Waals surface area contributed by atoms with Gasteiger partial charge in [-0.3, -0.25) is 0 Å². The first-order chi connectivity index (χ1) is 10.2. The van der Waals surface area contributed by atoms with Gasteiger partial charge < -0.3 is 5.32 Å². The van der Waals surface area contributed by atoms with Crippen LogP contribution in [0.15, 0.2) is 28.3 Å². The van der Waals surface area contributed by atoms with Crippen molar-refractivity contribution >= 4 is 40.7 Å². The topological polar surface area (TPSA) is 83.4 Å². The second-order valence-corrected chi connectivity index (χ2v) is 5.47. The SMILES string of the molecule is N#CC(C#N)=C(C#N)Nc1c(Cl)cc(SC(F)(F)F)cc1Cl. The van der Waals surface area contributed by atoms with Gasteiger partial charge in [0.25, 0.3) is 0 Å². The van der Waals surface area contributed by atoms with Crippen molar-refractivity contribution in [2.45, 2.75) is 10.4 Å². The number of halogens is 5. The molecule has 0 aliphatic heterocycles. The Morgan fingerprint density at radius 2 is 1.55 bits per heavy atom. The van der Waals surface area contributed by atoms with Crippen molar-refractivity contribution in [3.63, 3.8) is 0 Å². The molecule has 1 N–H and O–H groups in total. The maximum atomic E-state index is 12.3. The molecule has 0 saturated carbocycles. The summed E-state index contributed by atoms with van der Waals surface area (Å²) in [6.07, 6.45) is 0. The van der Waals surface area contributed by atoms with Crippen LogP contribution < -0.4 is 5.32 Å². The van der Waals surface area contributed by atoms with E-state index in [1.165, 1.54) is 12.1 Å². The molecule has 0 radical (unpaired) electrons. The molecule has 0 aromatic heterocycles. The average Bonchev–Trinajstić information content (AvgIpc) is 2.39. The number of benzene rings is 1. The van der Waals surface area contributed by atoms with Crippen LogP contribution in [0.1, 0.15) is 0 Å². The molecule has 4 nitrogen and oxygen atoms in total. The Labute approximate surface area is 137 Å². The lowest BCUT2D eigenvalue weighted by atomic mass is 10.2. The quantitative estimate of drug-likeness (QED) is 0.614. The Balaban J connectivity index is 3.25. The van der Waals surface area contributed by atoms with Gasteiger partial charge in [0, 0.05) is 4.90 Å². The number of alkyl halides is 3. The average molecular weight is 363 g/mol. The Bertz CT molecular complexity index is 715. The first kappa shape index (κ1) is 18.0. The summed E-state index contributed by atoms with van der Waals surface area (Å²) in [6, 6.07) is 6.58. The zero-order valence-corrected chi connectivity index (χ0v) is 12.6. The van der Waals surface area contributed by atoms with Gasteiger partial charge in [0.2, 0.25) is 0 Å². The number of nitriles is 3. The molecule has 1 rings (SSSR count). The van der Waals surface area contributed by atoms with Gasteiger partial charge in [-0.05, 0) is 23.9 Å². The van der Waals surface area contributed by atoms with Gasteiger partial charge in [-0.1, -0.05) is 23.2 Å². The number of hydrogen-bond donors (Lipinski definition) is 1. The molecule has 112 valence electrons. The highest BCUT2D eigenvalue weighted by Gasteiger charge is 2.30. The summed E-state index contributed by atoms with van der Waals surface area (Å²) in [6.45, 7) is 0. The number of hydrogen-bond acceptors (Lipinski definition) is 5. The molecule has 0 unspecified atom stereocenters. The van der Waals surface area contributed by atoms with Crippen LogP contribution in [-0.4, -0.2) is 5.51 Å². The van der Waals surface area contributed by atoms with Crippen LogP contribution in [-0.2, 0) is 0 Å². The standard InChI is InChI=1S/C12H3Cl2F3N4S/c13-8-1-7(22-12(15,16)17)2-9(14)11(8)21-10(5-20)6(3-18)4-19/h1-2,21H. The van der Waals surface area contributed by atoms with E-state index in [0.29, 0.717) is 0 Å². The van der Waals surface area contributed by atoms with Gasteiger partial charge in [0.15, 0.2) is 5.57 Å². The Hall–Kier alpha value is -2.05. The molecule has 1 aromatic carbocycles. The molecule has 0 spiro atoms. The maximum absolute atomic E-state index is 12.3. The molecular formula is C12H3Cl2F3N4S. The fraction of sp³-hybridized carbons (Fsp3) is 0.0833. The second kappa shape index (κ2) is 7.29. The van der Waals surface area contributed by atoms with Crippen LogP contribution in [0.5, 0.6) is 0 Å². The lowest BCUT2D eigenvalue weighted by Gasteiger charge is -2.12. The molecule has 10 heteroatoms. The van der Waals surface area contributed by atoms with Crippen molar-refractivity contribution in [3.05, 3.63) is 33.4 Å². The van der Waals surface area contributed by atoms with Crippen LogP contribution in [0.2, 0.25) is 10.0 Å². The third kappa shape index (κ3) is 4.75. The zero-order chi connectivity index (χ0) is 16.9. The Morgan fingerprint density at radius 1 is 1.05 bits per heavy atom. The molecule has 0 atom stereocenters. The third-order valence-electron chi connectivity index (χ3n) is 2.08. The normalized spacial score (nSPS) is 10.1. The number of nitrogens with one attached hydrogen (secondary N) is 1. The Morgan fingerprint density at radius 3 is 1.91 bits per heavy atom. The minimum atomic E-state index is -4.51. The van der Waals surface area contributed by atoms with Gasteiger partial charge >= 0.3 is 5.51 Å². The fourth-order valence-electron chi connectivity index (χ4n) is 1.27. The molecular weight excluding hydrogens is 360 g/mol. The van der Waals surface area contributed by atoms with Crippen LogP contribution in [0, 0.1) is 34.0 Å². The summed E-state index contributed by atoms with van der Waals surface area (Å²) in [4.78, 5) is -0.240. The maximum Gasteiger partial charge on any atom is 0.446 e. The van der Waals surface area contributed by atoms with Crippen molar-refractivity contribution in [1.82, 2.24) is 0 Å².